The molecule has 0 unspecified atom stereocenters. The maximum Gasteiger partial charge on any atom is 0.269 e. The highest BCUT2D eigenvalue weighted by molar-refractivity contribution is 5.89. The number of hydrogen-bond acceptors (Lipinski definition) is 5. The molecule has 1 amide bonds. The Morgan fingerprint density at radius 2 is 2.05 bits per heavy atom. The number of anilines is 2. The third-order valence-corrected chi connectivity index (χ3v) is 2.97. The van der Waals surface area contributed by atoms with Gasteiger partial charge in [0.15, 0.2) is 5.82 Å². The van der Waals surface area contributed by atoms with Crippen molar-refractivity contribution in [3.05, 3.63) is 46.6 Å². The van der Waals surface area contributed by atoms with Crippen molar-refractivity contribution in [1.29, 1.82) is 0 Å². The first kappa shape index (κ1) is 15.5. The van der Waals surface area contributed by atoms with E-state index in [4.69, 9.17) is 0 Å². The Kier molecular flexibility index (Phi) is 5.07. The fourth-order valence-electron chi connectivity index (χ4n) is 1.87. The Bertz CT molecular complexity index is 651. The zero-order valence-electron chi connectivity index (χ0n) is 12.2. The summed E-state index contributed by atoms with van der Waals surface area (Å²) in [6.07, 6.45) is 2.78. The van der Waals surface area contributed by atoms with E-state index in [2.05, 4.69) is 15.7 Å². The molecule has 8 heteroatoms. The van der Waals surface area contributed by atoms with Gasteiger partial charge in [0.25, 0.3) is 5.69 Å². The van der Waals surface area contributed by atoms with Crippen molar-refractivity contribution in [3.8, 4) is 0 Å². The molecule has 116 valence electrons. The van der Waals surface area contributed by atoms with Gasteiger partial charge in [-0.1, -0.05) is 0 Å². The quantitative estimate of drug-likeness (QED) is 0.463. The lowest BCUT2D eigenvalue weighted by Crippen LogP contribution is -2.14. The van der Waals surface area contributed by atoms with Gasteiger partial charge in [-0.3, -0.25) is 19.6 Å². The summed E-state index contributed by atoms with van der Waals surface area (Å²) in [6.45, 7) is 0.605. The van der Waals surface area contributed by atoms with Gasteiger partial charge in [0, 0.05) is 50.1 Å². The Morgan fingerprint density at radius 3 is 2.64 bits per heavy atom. The van der Waals surface area contributed by atoms with Crippen molar-refractivity contribution in [2.24, 2.45) is 7.05 Å². The Labute approximate surface area is 127 Å². The Hall–Kier alpha value is -2.90. The molecule has 0 fully saturated rings. The second kappa shape index (κ2) is 7.21. The average Bonchev–Trinajstić information content (AvgIpc) is 2.89. The van der Waals surface area contributed by atoms with E-state index in [1.165, 1.54) is 12.1 Å². The first-order valence-electron chi connectivity index (χ1n) is 6.82. The fourth-order valence-corrected chi connectivity index (χ4v) is 1.87. The van der Waals surface area contributed by atoms with Crippen molar-refractivity contribution in [2.75, 3.05) is 17.2 Å². The normalized spacial score (nSPS) is 10.2. The molecule has 0 aliphatic heterocycles. The summed E-state index contributed by atoms with van der Waals surface area (Å²) >= 11 is 0. The molecule has 2 rings (SSSR count). The van der Waals surface area contributed by atoms with Gasteiger partial charge in [0.1, 0.15) is 0 Å². The lowest BCUT2D eigenvalue weighted by Gasteiger charge is -2.06. The average molecular weight is 303 g/mol. The zero-order valence-corrected chi connectivity index (χ0v) is 12.2. The number of nitrogens with one attached hydrogen (secondary N) is 2. The summed E-state index contributed by atoms with van der Waals surface area (Å²) in [5, 5.41) is 20.4. The highest BCUT2D eigenvalue weighted by Crippen LogP contribution is 2.15. The van der Waals surface area contributed by atoms with Crippen LogP contribution in [0.2, 0.25) is 0 Å². The summed E-state index contributed by atoms with van der Waals surface area (Å²) < 4.78 is 1.62. The number of non-ortho nitro benzene ring substituents is 1. The smallest absolute Gasteiger partial charge is 0.269 e. The van der Waals surface area contributed by atoms with E-state index < -0.39 is 4.92 Å². The fraction of sp³-hybridized carbons (Fsp3) is 0.286. The van der Waals surface area contributed by atoms with Crippen LogP contribution in [0.25, 0.3) is 0 Å². The van der Waals surface area contributed by atoms with Crippen LogP contribution in [0.1, 0.15) is 12.8 Å². The van der Waals surface area contributed by atoms with Crippen molar-refractivity contribution in [3.63, 3.8) is 0 Å². The number of amides is 1. The van der Waals surface area contributed by atoms with Crippen LogP contribution in [0.4, 0.5) is 17.2 Å². The van der Waals surface area contributed by atoms with E-state index in [1.54, 1.807) is 36.1 Å². The standard InChI is InChI=1S/C14H17N5O3/c1-18-10-8-13(17-18)16-14(20)3-2-9-15-11-4-6-12(7-5-11)19(21)22/h4-8,10,15H,2-3,9H2,1H3,(H,16,17,20). The van der Waals surface area contributed by atoms with Crippen LogP contribution in [0.3, 0.4) is 0 Å². The zero-order chi connectivity index (χ0) is 15.9. The van der Waals surface area contributed by atoms with Crippen molar-refractivity contribution >= 4 is 23.1 Å². The van der Waals surface area contributed by atoms with Crippen LogP contribution in [0, 0.1) is 10.1 Å². The number of carbonyl (C=O) groups is 1. The molecule has 0 atom stereocenters. The maximum absolute atomic E-state index is 11.7. The molecular weight excluding hydrogens is 286 g/mol. The van der Waals surface area contributed by atoms with Gasteiger partial charge in [-0.05, 0) is 18.6 Å². The number of benzene rings is 1. The van der Waals surface area contributed by atoms with Gasteiger partial charge in [-0.2, -0.15) is 5.10 Å². The minimum atomic E-state index is -0.439. The molecule has 0 radical (unpaired) electrons. The first-order chi connectivity index (χ1) is 10.5. The number of rotatable bonds is 7. The Balaban J connectivity index is 1.68. The second-order valence-electron chi connectivity index (χ2n) is 4.76. The van der Waals surface area contributed by atoms with E-state index in [-0.39, 0.29) is 11.6 Å². The maximum atomic E-state index is 11.7. The summed E-state index contributed by atoms with van der Waals surface area (Å²) in [7, 11) is 1.78. The topological polar surface area (TPSA) is 102 Å². The molecule has 1 heterocycles. The van der Waals surface area contributed by atoms with E-state index >= 15 is 0 Å². The van der Waals surface area contributed by atoms with E-state index in [0.717, 1.165) is 5.69 Å². The third kappa shape index (κ3) is 4.58. The van der Waals surface area contributed by atoms with Gasteiger partial charge in [-0.15, -0.1) is 0 Å². The van der Waals surface area contributed by atoms with Crippen LogP contribution >= 0.6 is 0 Å². The van der Waals surface area contributed by atoms with Crippen LogP contribution in [-0.2, 0) is 11.8 Å². The molecule has 0 aliphatic carbocycles. The summed E-state index contributed by atoms with van der Waals surface area (Å²) in [4.78, 5) is 21.8. The van der Waals surface area contributed by atoms with Crippen LogP contribution < -0.4 is 10.6 Å². The van der Waals surface area contributed by atoms with Crippen molar-refractivity contribution in [2.45, 2.75) is 12.8 Å². The molecule has 22 heavy (non-hydrogen) atoms. The third-order valence-electron chi connectivity index (χ3n) is 2.97. The monoisotopic (exact) mass is 303 g/mol. The molecule has 0 saturated carbocycles. The predicted molar refractivity (Wildman–Crippen MR) is 82.7 cm³/mol. The summed E-state index contributed by atoms with van der Waals surface area (Å²) in [5.74, 6) is 0.444. The molecule has 0 saturated heterocycles. The lowest BCUT2D eigenvalue weighted by molar-refractivity contribution is -0.384. The molecule has 8 nitrogen and oxygen atoms in total. The summed E-state index contributed by atoms with van der Waals surface area (Å²) in [6, 6.07) is 7.90. The van der Waals surface area contributed by atoms with Gasteiger partial charge in [-0.25, -0.2) is 0 Å². The van der Waals surface area contributed by atoms with Crippen molar-refractivity contribution in [1.82, 2.24) is 9.78 Å². The number of carbonyl (C=O) groups excluding carboxylic acids is 1. The highest BCUT2D eigenvalue weighted by atomic mass is 16.6. The number of aryl methyl sites for hydroxylation is 1. The number of nitro benzene ring substituents is 1. The minimum Gasteiger partial charge on any atom is -0.385 e. The van der Waals surface area contributed by atoms with Gasteiger partial charge in [0.2, 0.25) is 5.91 Å². The number of nitro groups is 1. The van der Waals surface area contributed by atoms with Gasteiger partial charge >= 0.3 is 0 Å². The number of nitrogens with zero attached hydrogens (tertiary/aromatic N) is 3. The minimum absolute atomic E-state index is 0.0558. The molecule has 1 aromatic carbocycles. The molecule has 0 aliphatic rings. The summed E-state index contributed by atoms with van der Waals surface area (Å²) in [5.41, 5.74) is 0.844. The molecule has 2 aromatic rings. The van der Waals surface area contributed by atoms with E-state index in [0.29, 0.717) is 25.2 Å². The lowest BCUT2D eigenvalue weighted by atomic mass is 10.2. The molecule has 0 bridgehead atoms. The van der Waals surface area contributed by atoms with E-state index in [9.17, 15) is 14.9 Å². The Morgan fingerprint density at radius 1 is 1.32 bits per heavy atom. The largest absolute Gasteiger partial charge is 0.385 e. The first-order valence-corrected chi connectivity index (χ1v) is 6.82. The van der Waals surface area contributed by atoms with E-state index in [1.807, 2.05) is 0 Å². The predicted octanol–water partition coefficient (Wildman–Crippen LogP) is 2.16. The van der Waals surface area contributed by atoms with Crippen molar-refractivity contribution < 1.29 is 9.72 Å². The number of hydrogen-bond donors (Lipinski definition) is 2. The van der Waals surface area contributed by atoms with Crippen LogP contribution in [0.15, 0.2) is 36.5 Å². The second-order valence-corrected chi connectivity index (χ2v) is 4.76. The van der Waals surface area contributed by atoms with Gasteiger partial charge in [0.05, 0.1) is 4.92 Å². The van der Waals surface area contributed by atoms with Crippen LogP contribution in [0.5, 0.6) is 0 Å². The SMILES string of the molecule is Cn1ccc(NC(=O)CCCNc2ccc([N+](=O)[O-])cc2)n1. The van der Waals surface area contributed by atoms with Gasteiger partial charge < -0.3 is 10.6 Å². The molecular formula is C14H17N5O3. The molecule has 2 N–H and O–H groups in total. The highest BCUT2D eigenvalue weighted by Gasteiger charge is 2.05. The number of aromatic nitrogens is 2. The molecule has 0 spiro atoms. The molecule has 1 aromatic heterocycles. The van der Waals surface area contributed by atoms with Crippen LogP contribution in [-0.4, -0.2) is 27.2 Å².